The molecule has 12 heteroatoms. The summed E-state index contributed by atoms with van der Waals surface area (Å²) >= 11 is 0. The first-order valence-corrected chi connectivity index (χ1v) is 14.9. The van der Waals surface area contributed by atoms with E-state index in [0.717, 1.165) is 24.2 Å². The Morgan fingerprint density at radius 2 is 1.82 bits per heavy atom. The fraction of sp³-hybridized carbons (Fsp3) is 0.424. The molecule has 0 radical (unpaired) electrons. The van der Waals surface area contributed by atoms with E-state index in [1.165, 1.54) is 11.0 Å². The fourth-order valence-corrected chi connectivity index (χ4v) is 7.58. The molecule has 4 unspecified atom stereocenters. The number of benzene rings is 2. The number of Topliss-reactive ketones (excluding diaryl/α,β-unsaturated/α-hetero) is 2. The van der Waals surface area contributed by atoms with Gasteiger partial charge in [-0.25, -0.2) is 0 Å². The van der Waals surface area contributed by atoms with Gasteiger partial charge in [0, 0.05) is 36.7 Å². The van der Waals surface area contributed by atoms with Crippen LogP contribution < -0.4 is 10.5 Å². The molecule has 2 aromatic carbocycles. The number of primary amides is 1. The van der Waals surface area contributed by atoms with Crippen LogP contribution in [0.2, 0.25) is 0 Å². The van der Waals surface area contributed by atoms with Crippen LogP contribution in [0.15, 0.2) is 47.2 Å². The number of methoxy groups -OCH3 is 1. The van der Waals surface area contributed by atoms with Crippen molar-refractivity contribution in [2.24, 2.45) is 17.6 Å². The number of hydrogen-bond acceptors (Lipinski definition) is 11. The lowest BCUT2D eigenvalue weighted by molar-refractivity contribution is -0.153. The second-order valence-electron chi connectivity index (χ2n) is 12.4. The van der Waals surface area contributed by atoms with Crippen LogP contribution in [-0.2, 0) is 32.1 Å². The molecule has 4 atom stereocenters. The third kappa shape index (κ3) is 4.71. The molecule has 0 bridgehead atoms. The molecule has 3 aliphatic carbocycles. The zero-order chi connectivity index (χ0) is 32.4. The third-order valence-electron chi connectivity index (χ3n) is 9.67. The first-order valence-electron chi connectivity index (χ1n) is 14.9. The van der Waals surface area contributed by atoms with Crippen molar-refractivity contribution in [1.82, 2.24) is 9.80 Å². The van der Waals surface area contributed by atoms with Gasteiger partial charge < -0.3 is 35.6 Å². The van der Waals surface area contributed by atoms with Crippen molar-refractivity contribution >= 4 is 23.2 Å². The summed E-state index contributed by atoms with van der Waals surface area (Å²) in [7, 11) is 4.70. The molecule has 1 heterocycles. The van der Waals surface area contributed by atoms with E-state index in [1.807, 2.05) is 18.2 Å². The maximum Gasteiger partial charge on any atom is 0.255 e. The molecule has 12 nitrogen and oxygen atoms in total. The molecule has 1 amide bonds. The highest BCUT2D eigenvalue weighted by Gasteiger charge is 2.64. The van der Waals surface area contributed by atoms with Crippen molar-refractivity contribution in [3.63, 3.8) is 0 Å². The van der Waals surface area contributed by atoms with Gasteiger partial charge in [0.1, 0.15) is 28.6 Å². The Morgan fingerprint density at radius 3 is 2.47 bits per heavy atom. The van der Waals surface area contributed by atoms with Crippen molar-refractivity contribution in [2.45, 2.75) is 31.0 Å². The lowest BCUT2D eigenvalue weighted by atomic mass is 9.57. The summed E-state index contributed by atoms with van der Waals surface area (Å²) in [5, 5.41) is 45.5. The summed E-state index contributed by atoms with van der Waals surface area (Å²) in [5.74, 6) is -6.28. The van der Waals surface area contributed by atoms with Gasteiger partial charge in [0.2, 0.25) is 5.78 Å². The van der Waals surface area contributed by atoms with Gasteiger partial charge in [0.25, 0.3) is 5.91 Å². The fourth-order valence-electron chi connectivity index (χ4n) is 7.58. The molecule has 0 spiro atoms. The molecular weight excluding hydrogens is 582 g/mol. The van der Waals surface area contributed by atoms with Crippen molar-refractivity contribution in [1.29, 1.82) is 0 Å². The number of carbonyl (C=O) groups excluding carboxylic acids is 3. The minimum Gasteiger partial charge on any atom is -0.508 e. The molecule has 4 aliphatic rings. The van der Waals surface area contributed by atoms with E-state index in [-0.39, 0.29) is 29.7 Å². The monoisotopic (exact) mass is 619 g/mol. The van der Waals surface area contributed by atoms with Crippen molar-refractivity contribution in [3.8, 4) is 22.6 Å². The number of ether oxygens (including phenoxy) is 2. The van der Waals surface area contributed by atoms with Crippen molar-refractivity contribution in [2.75, 3.05) is 47.5 Å². The van der Waals surface area contributed by atoms with Crippen LogP contribution in [0.5, 0.6) is 11.5 Å². The number of carbonyl (C=O) groups is 3. The molecule has 238 valence electrons. The summed E-state index contributed by atoms with van der Waals surface area (Å²) in [6.07, 6.45) is 0.185. The van der Waals surface area contributed by atoms with E-state index >= 15 is 0 Å². The maximum absolute atomic E-state index is 14.1. The van der Waals surface area contributed by atoms with Gasteiger partial charge >= 0.3 is 0 Å². The van der Waals surface area contributed by atoms with Gasteiger partial charge in [-0.05, 0) is 67.7 Å². The predicted octanol–water partition coefficient (Wildman–Crippen LogP) is 1.47. The molecule has 6 rings (SSSR count). The second-order valence-corrected chi connectivity index (χ2v) is 12.4. The van der Waals surface area contributed by atoms with Crippen molar-refractivity contribution in [3.05, 3.63) is 63.9 Å². The highest BCUT2D eigenvalue weighted by Crippen LogP contribution is 2.54. The number of aliphatic hydroxyl groups is 3. The van der Waals surface area contributed by atoms with Crippen molar-refractivity contribution < 1.29 is 44.3 Å². The molecule has 1 saturated heterocycles. The topological polar surface area (TPSA) is 183 Å². The van der Waals surface area contributed by atoms with Crippen LogP contribution in [0.3, 0.4) is 0 Å². The highest BCUT2D eigenvalue weighted by atomic mass is 16.5. The van der Waals surface area contributed by atoms with E-state index in [2.05, 4.69) is 4.90 Å². The zero-order valence-electron chi connectivity index (χ0n) is 25.4. The average molecular weight is 620 g/mol. The second kappa shape index (κ2) is 11.3. The number of morpholine rings is 1. The quantitative estimate of drug-likeness (QED) is 0.295. The molecule has 2 fully saturated rings. The van der Waals surface area contributed by atoms with E-state index < -0.39 is 58.0 Å². The van der Waals surface area contributed by atoms with Crippen LogP contribution in [0, 0.1) is 11.8 Å². The number of nitrogens with two attached hydrogens (primary N) is 1. The molecule has 1 aliphatic heterocycles. The van der Waals surface area contributed by atoms with Gasteiger partial charge in [0.15, 0.2) is 11.4 Å². The molecule has 6 N–H and O–H groups in total. The number of hydrogen-bond donors (Lipinski definition) is 5. The minimum absolute atomic E-state index is 0.00899. The Hall–Kier alpha value is -4.23. The van der Waals surface area contributed by atoms with Gasteiger partial charge in [-0.1, -0.05) is 12.1 Å². The Bertz CT molecular complexity index is 1670. The Morgan fingerprint density at radius 1 is 1.11 bits per heavy atom. The summed E-state index contributed by atoms with van der Waals surface area (Å²) < 4.78 is 11.2. The molecular formula is C33H37N3O9. The number of aliphatic hydroxyl groups excluding tert-OH is 2. The van der Waals surface area contributed by atoms with Crippen LogP contribution in [0.4, 0.5) is 0 Å². The van der Waals surface area contributed by atoms with Crippen LogP contribution >= 0.6 is 0 Å². The minimum atomic E-state index is -2.69. The molecule has 1 saturated carbocycles. The van der Waals surface area contributed by atoms with Gasteiger partial charge in [0.05, 0.1) is 31.9 Å². The normalized spacial score (nSPS) is 26.9. The van der Waals surface area contributed by atoms with Crippen LogP contribution in [-0.4, -0.2) is 107 Å². The van der Waals surface area contributed by atoms with Crippen LogP contribution in [0.1, 0.15) is 23.1 Å². The third-order valence-corrected chi connectivity index (χ3v) is 9.67. The SMILES string of the molecule is COc1ccc(CN2CCOCC2)cc1-c1ccc(O)c2c1CC1CC3C(N(C)C)C(=O)C(C(N)=O)=C(O)C3(O)C(=O)C1=C2O. The number of phenols is 1. The zero-order valence-corrected chi connectivity index (χ0v) is 25.4. The summed E-state index contributed by atoms with van der Waals surface area (Å²) in [5.41, 5.74) is 4.74. The lowest BCUT2D eigenvalue weighted by Crippen LogP contribution is -2.65. The number of nitrogens with zero attached hydrogens (tertiary/aromatic N) is 2. The number of aromatic hydroxyl groups is 1. The number of amides is 1. The Balaban J connectivity index is 1.49. The number of ketones is 2. The first kappa shape index (κ1) is 30.8. The number of fused-ring (bicyclic) bond motifs is 3. The smallest absolute Gasteiger partial charge is 0.255 e. The predicted molar refractivity (Wildman–Crippen MR) is 162 cm³/mol. The summed E-state index contributed by atoms with van der Waals surface area (Å²) in [6, 6.07) is 7.89. The molecule has 2 aromatic rings. The van der Waals surface area contributed by atoms with Gasteiger partial charge in [-0.15, -0.1) is 0 Å². The van der Waals surface area contributed by atoms with Gasteiger partial charge in [-0.2, -0.15) is 0 Å². The number of phenolic OH excluding ortho intramolecular Hbond substituents is 1. The standard InChI is InChI=1S/C33H37N3O9/c1-35(2)27-21-14-17-13-20-18(19-12-16(4-7-23(19)44-3)15-36-8-10-45-11-9-36)5-6-22(37)25(20)28(38)24(17)30(40)33(21,43)31(41)26(29(27)39)32(34)42/h4-7,12,17,21,27,37-38,41,43H,8-11,13-15H2,1-3H3,(H2,34,42). The van der Waals surface area contributed by atoms with E-state index in [9.17, 15) is 34.8 Å². The van der Waals surface area contributed by atoms with E-state index in [1.54, 1.807) is 27.3 Å². The van der Waals surface area contributed by atoms with E-state index in [0.29, 0.717) is 36.6 Å². The molecule has 45 heavy (non-hydrogen) atoms. The number of rotatable bonds is 6. The first-order chi connectivity index (χ1) is 21.4. The Labute approximate surface area is 259 Å². The largest absolute Gasteiger partial charge is 0.508 e. The van der Waals surface area contributed by atoms with Gasteiger partial charge in [-0.3, -0.25) is 24.2 Å². The lowest BCUT2D eigenvalue weighted by Gasteiger charge is -2.50. The average Bonchev–Trinajstić information content (AvgIpc) is 2.99. The number of likely N-dealkylation sites (N-methyl/N-ethyl adjacent to an activating group) is 1. The summed E-state index contributed by atoms with van der Waals surface area (Å²) in [6.45, 7) is 3.63. The Kier molecular flexibility index (Phi) is 7.72. The molecule has 0 aromatic heterocycles. The summed E-state index contributed by atoms with van der Waals surface area (Å²) in [4.78, 5) is 43.5. The highest BCUT2D eigenvalue weighted by molar-refractivity contribution is 6.24. The van der Waals surface area contributed by atoms with E-state index in [4.69, 9.17) is 15.2 Å². The maximum atomic E-state index is 14.1. The van der Waals surface area contributed by atoms with Crippen LogP contribution in [0.25, 0.3) is 16.9 Å².